The van der Waals surface area contributed by atoms with Crippen LogP contribution in [-0.2, 0) is 11.2 Å². The molecule has 2 heterocycles. The van der Waals surface area contributed by atoms with E-state index < -0.39 is 5.82 Å². The van der Waals surface area contributed by atoms with Crippen LogP contribution in [0.25, 0.3) is 11.3 Å². The maximum absolute atomic E-state index is 13.7. The summed E-state index contributed by atoms with van der Waals surface area (Å²) in [6.07, 6.45) is 4.71. The van der Waals surface area contributed by atoms with Gasteiger partial charge >= 0.3 is 0 Å². The number of nitrogens with zero attached hydrogens (tertiary/aromatic N) is 3. The molecule has 0 saturated heterocycles. The summed E-state index contributed by atoms with van der Waals surface area (Å²) in [7, 11) is 0. The van der Waals surface area contributed by atoms with Crippen LogP contribution in [0.2, 0.25) is 0 Å². The first-order valence-electron chi connectivity index (χ1n) is 8.48. The number of rotatable bonds is 6. The lowest BCUT2D eigenvalue weighted by molar-refractivity contribution is -0.115. The van der Waals surface area contributed by atoms with E-state index in [1.54, 1.807) is 36.7 Å². The Morgan fingerprint density at radius 3 is 2.67 bits per heavy atom. The second-order valence-corrected chi connectivity index (χ2v) is 6.18. The number of halogens is 1. The van der Waals surface area contributed by atoms with E-state index in [2.05, 4.69) is 20.3 Å². The van der Waals surface area contributed by atoms with E-state index in [-0.39, 0.29) is 18.4 Å². The average Bonchev–Trinajstić information content (AvgIpc) is 2.64. The zero-order chi connectivity index (χ0) is 19.2. The van der Waals surface area contributed by atoms with Gasteiger partial charge in [0.15, 0.2) is 0 Å². The fourth-order valence-corrected chi connectivity index (χ4v) is 2.51. The van der Waals surface area contributed by atoms with E-state index in [1.165, 1.54) is 18.5 Å². The van der Waals surface area contributed by atoms with Gasteiger partial charge in [-0.3, -0.25) is 9.78 Å². The summed E-state index contributed by atoms with van der Waals surface area (Å²) < 4.78 is 19.5. The summed E-state index contributed by atoms with van der Waals surface area (Å²) in [4.78, 5) is 24.4. The van der Waals surface area contributed by atoms with Crippen molar-refractivity contribution < 1.29 is 13.9 Å². The highest BCUT2D eigenvalue weighted by atomic mass is 19.1. The first kappa shape index (κ1) is 18.4. The molecule has 2 aromatic heterocycles. The molecule has 6 nitrogen and oxygen atoms in total. The Morgan fingerprint density at radius 1 is 1.15 bits per heavy atom. The van der Waals surface area contributed by atoms with Gasteiger partial charge in [0, 0.05) is 24.0 Å². The zero-order valence-corrected chi connectivity index (χ0v) is 15.0. The number of anilines is 1. The van der Waals surface area contributed by atoms with Crippen molar-refractivity contribution in [3.05, 3.63) is 66.5 Å². The lowest BCUT2D eigenvalue weighted by atomic mass is 10.1. The third-order valence-electron chi connectivity index (χ3n) is 3.63. The highest BCUT2D eigenvalue weighted by Gasteiger charge is 2.13. The van der Waals surface area contributed by atoms with Gasteiger partial charge < -0.3 is 10.1 Å². The zero-order valence-electron chi connectivity index (χ0n) is 15.0. The Kier molecular flexibility index (Phi) is 5.71. The highest BCUT2D eigenvalue weighted by molar-refractivity contribution is 5.91. The SMILES string of the molecule is CC(C)Oc1ccc(F)cc1-c1cc(NC(=O)Cc2ccncc2)ncn1. The van der Waals surface area contributed by atoms with Crippen LogP contribution in [0.1, 0.15) is 19.4 Å². The van der Waals surface area contributed by atoms with Crippen molar-refractivity contribution in [2.75, 3.05) is 5.32 Å². The second-order valence-electron chi connectivity index (χ2n) is 6.18. The minimum atomic E-state index is -0.400. The lowest BCUT2D eigenvalue weighted by Crippen LogP contribution is -2.15. The molecule has 3 aromatic rings. The van der Waals surface area contributed by atoms with Crippen LogP contribution < -0.4 is 10.1 Å². The van der Waals surface area contributed by atoms with E-state index in [1.807, 2.05) is 13.8 Å². The number of amides is 1. The van der Waals surface area contributed by atoms with Gasteiger partial charge in [-0.2, -0.15) is 0 Å². The Labute approximate surface area is 156 Å². The van der Waals surface area contributed by atoms with Gasteiger partial charge in [0.1, 0.15) is 23.7 Å². The average molecular weight is 366 g/mol. The Hall–Kier alpha value is -3.35. The van der Waals surface area contributed by atoms with Gasteiger partial charge in [-0.15, -0.1) is 0 Å². The van der Waals surface area contributed by atoms with E-state index in [0.717, 1.165) is 5.56 Å². The Balaban J connectivity index is 1.81. The molecule has 0 bridgehead atoms. The Bertz CT molecular complexity index is 932. The number of benzene rings is 1. The number of aromatic nitrogens is 3. The summed E-state index contributed by atoms with van der Waals surface area (Å²) >= 11 is 0. The van der Waals surface area contributed by atoms with Crippen LogP contribution in [0.5, 0.6) is 5.75 Å². The first-order chi connectivity index (χ1) is 13.0. The molecule has 0 radical (unpaired) electrons. The van der Waals surface area contributed by atoms with Crippen molar-refractivity contribution in [3.8, 4) is 17.0 Å². The number of carbonyl (C=O) groups excluding carboxylic acids is 1. The molecular weight excluding hydrogens is 347 g/mol. The number of nitrogens with one attached hydrogen (secondary N) is 1. The van der Waals surface area contributed by atoms with Crippen molar-refractivity contribution in [1.29, 1.82) is 0 Å². The monoisotopic (exact) mass is 366 g/mol. The molecule has 0 aliphatic carbocycles. The molecule has 0 spiro atoms. The van der Waals surface area contributed by atoms with Crippen LogP contribution >= 0.6 is 0 Å². The molecule has 0 atom stereocenters. The van der Waals surface area contributed by atoms with Crippen molar-refractivity contribution in [3.63, 3.8) is 0 Å². The number of hydrogen-bond donors (Lipinski definition) is 1. The molecule has 0 aliphatic rings. The van der Waals surface area contributed by atoms with Crippen molar-refractivity contribution in [2.45, 2.75) is 26.4 Å². The van der Waals surface area contributed by atoms with Gasteiger partial charge in [0.05, 0.1) is 18.2 Å². The molecule has 1 N–H and O–H groups in total. The van der Waals surface area contributed by atoms with E-state index in [4.69, 9.17) is 4.74 Å². The van der Waals surface area contributed by atoms with Crippen molar-refractivity contribution >= 4 is 11.7 Å². The quantitative estimate of drug-likeness (QED) is 0.721. The van der Waals surface area contributed by atoms with Crippen LogP contribution in [0.4, 0.5) is 10.2 Å². The molecule has 0 fully saturated rings. The van der Waals surface area contributed by atoms with E-state index in [9.17, 15) is 9.18 Å². The van der Waals surface area contributed by atoms with Crippen LogP contribution in [-0.4, -0.2) is 27.0 Å². The molecule has 3 rings (SSSR count). The van der Waals surface area contributed by atoms with Gasteiger partial charge in [-0.1, -0.05) is 0 Å². The number of ether oxygens (including phenoxy) is 1. The lowest BCUT2D eigenvalue weighted by Gasteiger charge is -2.14. The molecule has 1 amide bonds. The topological polar surface area (TPSA) is 77.0 Å². The summed E-state index contributed by atoms with van der Waals surface area (Å²) in [6, 6.07) is 9.38. The fourth-order valence-electron chi connectivity index (χ4n) is 2.51. The van der Waals surface area contributed by atoms with Crippen molar-refractivity contribution in [2.24, 2.45) is 0 Å². The van der Waals surface area contributed by atoms with Crippen LogP contribution in [0.3, 0.4) is 0 Å². The van der Waals surface area contributed by atoms with Gasteiger partial charge in [0.2, 0.25) is 5.91 Å². The summed E-state index contributed by atoms with van der Waals surface area (Å²) in [6.45, 7) is 3.77. The normalized spacial score (nSPS) is 10.7. The largest absolute Gasteiger partial charge is 0.490 e. The standard InChI is InChI=1S/C20H19FN4O2/c1-13(2)27-18-4-3-15(21)10-16(18)17-11-19(24-12-23-17)25-20(26)9-14-5-7-22-8-6-14/h3-8,10-13H,9H2,1-2H3,(H,23,24,25,26). The second kappa shape index (κ2) is 8.35. The van der Waals surface area contributed by atoms with Crippen LogP contribution in [0.15, 0.2) is 55.1 Å². The minimum Gasteiger partial charge on any atom is -0.490 e. The Morgan fingerprint density at radius 2 is 1.93 bits per heavy atom. The molecule has 138 valence electrons. The van der Waals surface area contributed by atoms with Gasteiger partial charge in [0.25, 0.3) is 0 Å². The number of carbonyl (C=O) groups is 1. The third kappa shape index (κ3) is 5.07. The molecule has 1 aromatic carbocycles. The molecular formula is C20H19FN4O2. The molecule has 0 unspecified atom stereocenters. The van der Waals surface area contributed by atoms with Gasteiger partial charge in [-0.25, -0.2) is 14.4 Å². The molecule has 7 heteroatoms. The predicted molar refractivity (Wildman–Crippen MR) is 99.8 cm³/mol. The molecule has 0 aliphatic heterocycles. The first-order valence-corrected chi connectivity index (χ1v) is 8.48. The minimum absolute atomic E-state index is 0.0735. The summed E-state index contributed by atoms with van der Waals surface area (Å²) in [5.41, 5.74) is 1.80. The summed E-state index contributed by atoms with van der Waals surface area (Å²) in [5, 5.41) is 2.73. The fraction of sp³-hybridized carbons (Fsp3) is 0.200. The van der Waals surface area contributed by atoms with E-state index in [0.29, 0.717) is 22.8 Å². The van der Waals surface area contributed by atoms with Crippen molar-refractivity contribution in [1.82, 2.24) is 15.0 Å². The predicted octanol–water partition coefficient (Wildman–Crippen LogP) is 3.65. The van der Waals surface area contributed by atoms with Gasteiger partial charge in [-0.05, 0) is 49.7 Å². The summed E-state index contributed by atoms with van der Waals surface area (Å²) in [5.74, 6) is 0.227. The van der Waals surface area contributed by atoms with Crippen LogP contribution in [0, 0.1) is 5.82 Å². The maximum atomic E-state index is 13.7. The highest BCUT2D eigenvalue weighted by Crippen LogP contribution is 2.31. The molecule has 27 heavy (non-hydrogen) atoms. The molecule has 0 saturated carbocycles. The number of pyridine rings is 1. The smallest absolute Gasteiger partial charge is 0.229 e. The maximum Gasteiger partial charge on any atom is 0.229 e. The third-order valence-corrected chi connectivity index (χ3v) is 3.63. The number of hydrogen-bond acceptors (Lipinski definition) is 5. The van der Waals surface area contributed by atoms with E-state index >= 15 is 0 Å².